The maximum Gasteiger partial charge on any atom is 0.252 e. The van der Waals surface area contributed by atoms with Crippen LogP contribution in [0.4, 0.5) is 4.39 Å². The lowest BCUT2D eigenvalue weighted by Crippen LogP contribution is -2.38. The summed E-state index contributed by atoms with van der Waals surface area (Å²) in [6.45, 7) is 1.71. The van der Waals surface area contributed by atoms with Gasteiger partial charge >= 0.3 is 0 Å². The summed E-state index contributed by atoms with van der Waals surface area (Å²) in [6, 6.07) is 4.08. The number of hydrogen-bond acceptors (Lipinski definition) is 2. The quantitative estimate of drug-likeness (QED) is 0.785. The molecule has 1 aliphatic rings. The van der Waals surface area contributed by atoms with Gasteiger partial charge in [-0.1, -0.05) is 6.42 Å². The van der Waals surface area contributed by atoms with Crippen LogP contribution >= 0.6 is 22.6 Å². The third-order valence-electron chi connectivity index (χ3n) is 3.51. The fraction of sp³-hybridized carbons (Fsp3) is 0.467. The van der Waals surface area contributed by atoms with E-state index in [1.54, 1.807) is 0 Å². The maximum atomic E-state index is 13.0. The molecule has 1 saturated heterocycles. The van der Waals surface area contributed by atoms with Crippen LogP contribution in [0.25, 0.3) is 0 Å². The zero-order chi connectivity index (χ0) is 15.2. The average molecular weight is 404 g/mol. The second kappa shape index (κ2) is 7.72. The molecule has 1 aliphatic heterocycles. The summed E-state index contributed by atoms with van der Waals surface area (Å²) in [5.74, 6) is -0.425. The van der Waals surface area contributed by atoms with E-state index in [2.05, 4.69) is 5.32 Å². The third-order valence-corrected chi connectivity index (χ3v) is 4.41. The van der Waals surface area contributed by atoms with E-state index in [9.17, 15) is 14.0 Å². The van der Waals surface area contributed by atoms with Crippen molar-refractivity contribution in [2.45, 2.75) is 25.7 Å². The Hall–Kier alpha value is -1.18. The van der Waals surface area contributed by atoms with Crippen molar-refractivity contribution in [1.29, 1.82) is 0 Å². The molecule has 1 N–H and O–H groups in total. The Morgan fingerprint density at radius 3 is 2.90 bits per heavy atom. The van der Waals surface area contributed by atoms with E-state index in [1.165, 1.54) is 18.2 Å². The third kappa shape index (κ3) is 4.66. The van der Waals surface area contributed by atoms with Crippen molar-refractivity contribution in [2.24, 2.45) is 0 Å². The van der Waals surface area contributed by atoms with Gasteiger partial charge in [0, 0.05) is 29.6 Å². The van der Waals surface area contributed by atoms with Gasteiger partial charge in [-0.3, -0.25) is 9.59 Å². The molecule has 1 aromatic carbocycles. The molecule has 0 bridgehead atoms. The second-order valence-corrected chi connectivity index (χ2v) is 6.23. The number of carbonyl (C=O) groups excluding carboxylic acids is 2. The van der Waals surface area contributed by atoms with Gasteiger partial charge < -0.3 is 10.2 Å². The highest BCUT2D eigenvalue weighted by molar-refractivity contribution is 14.1. The molecular formula is C15H18FIN2O2. The van der Waals surface area contributed by atoms with E-state index in [0.29, 0.717) is 28.6 Å². The molecule has 0 unspecified atom stereocenters. The Morgan fingerprint density at radius 1 is 1.33 bits per heavy atom. The number of rotatable bonds is 4. The first-order valence-corrected chi connectivity index (χ1v) is 8.17. The second-order valence-electron chi connectivity index (χ2n) is 5.07. The predicted octanol–water partition coefficient (Wildman–Crippen LogP) is 2.56. The lowest BCUT2D eigenvalue weighted by molar-refractivity contribution is -0.130. The molecule has 21 heavy (non-hydrogen) atoms. The zero-order valence-electron chi connectivity index (χ0n) is 11.7. The number of carbonyl (C=O) groups is 2. The molecule has 0 saturated carbocycles. The molecule has 4 nitrogen and oxygen atoms in total. The molecular weight excluding hydrogens is 386 g/mol. The van der Waals surface area contributed by atoms with Crippen molar-refractivity contribution in [3.05, 3.63) is 33.1 Å². The summed E-state index contributed by atoms with van der Waals surface area (Å²) in [6.07, 6.45) is 3.66. The molecule has 114 valence electrons. The van der Waals surface area contributed by atoms with Gasteiger partial charge in [-0.2, -0.15) is 0 Å². The Morgan fingerprint density at radius 2 is 2.14 bits per heavy atom. The molecule has 1 heterocycles. The van der Waals surface area contributed by atoms with Gasteiger partial charge in [0.1, 0.15) is 5.82 Å². The fourth-order valence-electron chi connectivity index (χ4n) is 2.35. The summed E-state index contributed by atoms with van der Waals surface area (Å²) in [5, 5.41) is 2.79. The molecule has 0 radical (unpaired) electrons. The molecule has 0 aliphatic carbocycles. The van der Waals surface area contributed by atoms with E-state index in [1.807, 2.05) is 27.5 Å². The highest BCUT2D eigenvalue weighted by Crippen LogP contribution is 2.14. The molecule has 1 aromatic rings. The Labute approximate surface area is 137 Å². The van der Waals surface area contributed by atoms with Crippen LogP contribution in [-0.2, 0) is 4.79 Å². The minimum atomic E-state index is -0.355. The van der Waals surface area contributed by atoms with Crippen molar-refractivity contribution in [1.82, 2.24) is 10.2 Å². The van der Waals surface area contributed by atoms with Crippen molar-refractivity contribution in [2.75, 3.05) is 19.6 Å². The minimum Gasteiger partial charge on any atom is -0.350 e. The number of halogens is 2. The SMILES string of the molecule is O=C(NCCN1CCCCCC1=O)c1ccc(F)cc1I. The van der Waals surface area contributed by atoms with Gasteiger partial charge in [0.25, 0.3) is 5.91 Å². The summed E-state index contributed by atoms with van der Waals surface area (Å²) in [7, 11) is 0. The van der Waals surface area contributed by atoms with Crippen LogP contribution in [0.1, 0.15) is 36.0 Å². The van der Waals surface area contributed by atoms with Crippen LogP contribution in [0, 0.1) is 9.39 Å². The van der Waals surface area contributed by atoms with E-state index in [4.69, 9.17) is 0 Å². The average Bonchev–Trinajstić information content (AvgIpc) is 2.64. The molecule has 6 heteroatoms. The Balaban J connectivity index is 1.85. The molecule has 0 atom stereocenters. The minimum absolute atomic E-state index is 0.165. The first-order chi connectivity index (χ1) is 10.1. The number of likely N-dealkylation sites (tertiary alicyclic amines) is 1. The summed E-state index contributed by atoms with van der Waals surface area (Å²) in [4.78, 5) is 25.7. The van der Waals surface area contributed by atoms with Crippen molar-refractivity contribution in [3.8, 4) is 0 Å². The zero-order valence-corrected chi connectivity index (χ0v) is 13.9. The van der Waals surface area contributed by atoms with E-state index in [0.717, 1.165) is 25.8 Å². The highest BCUT2D eigenvalue weighted by Gasteiger charge is 2.16. The van der Waals surface area contributed by atoms with Gasteiger partial charge in [0.2, 0.25) is 5.91 Å². The van der Waals surface area contributed by atoms with Gasteiger partial charge in [-0.15, -0.1) is 0 Å². The number of nitrogens with one attached hydrogen (secondary N) is 1. The molecule has 0 spiro atoms. The molecule has 2 amide bonds. The van der Waals surface area contributed by atoms with Crippen LogP contribution in [0.2, 0.25) is 0 Å². The highest BCUT2D eigenvalue weighted by atomic mass is 127. The summed E-state index contributed by atoms with van der Waals surface area (Å²) in [5.41, 5.74) is 0.458. The number of amides is 2. The molecule has 1 fully saturated rings. The first kappa shape index (κ1) is 16.2. The first-order valence-electron chi connectivity index (χ1n) is 7.09. The molecule has 0 aromatic heterocycles. The largest absolute Gasteiger partial charge is 0.350 e. The van der Waals surface area contributed by atoms with Crippen LogP contribution in [0.15, 0.2) is 18.2 Å². The fourth-order valence-corrected chi connectivity index (χ4v) is 3.07. The Kier molecular flexibility index (Phi) is 5.96. The van der Waals surface area contributed by atoms with E-state index in [-0.39, 0.29) is 17.6 Å². The summed E-state index contributed by atoms with van der Waals surface area (Å²) < 4.78 is 13.6. The van der Waals surface area contributed by atoms with Crippen LogP contribution in [0.3, 0.4) is 0 Å². The maximum absolute atomic E-state index is 13.0. The lowest BCUT2D eigenvalue weighted by Gasteiger charge is -2.20. The Bertz CT molecular complexity index is 536. The number of hydrogen-bond donors (Lipinski definition) is 1. The summed E-state index contributed by atoms with van der Waals surface area (Å²) >= 11 is 1.94. The van der Waals surface area contributed by atoms with Crippen LogP contribution in [0.5, 0.6) is 0 Å². The topological polar surface area (TPSA) is 49.4 Å². The standard InChI is InChI=1S/C15H18FIN2O2/c16-11-5-6-12(13(17)10-11)15(21)18-7-9-19-8-3-1-2-4-14(19)20/h5-6,10H,1-4,7-9H2,(H,18,21). The van der Waals surface area contributed by atoms with Crippen molar-refractivity contribution >= 4 is 34.4 Å². The number of benzene rings is 1. The lowest BCUT2D eigenvalue weighted by atomic mass is 10.2. The van der Waals surface area contributed by atoms with Gasteiger partial charge in [-0.05, 0) is 53.6 Å². The van der Waals surface area contributed by atoms with Crippen LogP contribution in [-0.4, -0.2) is 36.3 Å². The monoisotopic (exact) mass is 404 g/mol. The van der Waals surface area contributed by atoms with Crippen molar-refractivity contribution in [3.63, 3.8) is 0 Å². The predicted molar refractivity (Wildman–Crippen MR) is 86.5 cm³/mol. The van der Waals surface area contributed by atoms with Gasteiger partial charge in [0.15, 0.2) is 0 Å². The van der Waals surface area contributed by atoms with Crippen molar-refractivity contribution < 1.29 is 14.0 Å². The number of nitrogens with zero attached hydrogens (tertiary/aromatic N) is 1. The van der Waals surface area contributed by atoms with E-state index >= 15 is 0 Å². The van der Waals surface area contributed by atoms with E-state index < -0.39 is 0 Å². The van der Waals surface area contributed by atoms with Gasteiger partial charge in [-0.25, -0.2) is 4.39 Å². The normalized spacial score (nSPS) is 15.7. The molecule has 2 rings (SSSR count). The smallest absolute Gasteiger partial charge is 0.252 e. The van der Waals surface area contributed by atoms with Gasteiger partial charge in [0.05, 0.1) is 5.56 Å². The van der Waals surface area contributed by atoms with Crippen LogP contribution < -0.4 is 5.32 Å².